The molecule has 0 heterocycles. The first-order valence-electron chi connectivity index (χ1n) is 8.35. The molecule has 1 aliphatic carbocycles. The van der Waals surface area contributed by atoms with E-state index in [9.17, 15) is 17.6 Å². The normalized spacial score (nSPS) is 15.0. The number of allylic oxidation sites excluding steroid dienone is 1. The van der Waals surface area contributed by atoms with Gasteiger partial charge >= 0.3 is 0 Å². The van der Waals surface area contributed by atoms with Crippen molar-refractivity contribution in [2.75, 3.05) is 12.3 Å². The number of hydrogen-bond donors (Lipinski definition) is 1. The fourth-order valence-electron chi connectivity index (χ4n) is 2.76. The minimum Gasteiger partial charge on any atom is -0.356 e. The Kier molecular flexibility index (Phi) is 6.97. The second-order valence-corrected chi connectivity index (χ2v) is 8.33. The molecule has 0 bridgehead atoms. The third-order valence-electron chi connectivity index (χ3n) is 4.13. The quantitative estimate of drug-likeness (QED) is 0.730. The highest BCUT2D eigenvalue weighted by molar-refractivity contribution is 7.90. The molecular formula is C18H24FNO3S. The van der Waals surface area contributed by atoms with Crippen LogP contribution in [0, 0.1) is 5.82 Å². The molecule has 0 saturated heterocycles. The molecule has 1 aromatic carbocycles. The maximum Gasteiger partial charge on any atom is 0.221 e. The van der Waals surface area contributed by atoms with Gasteiger partial charge in [0.25, 0.3) is 0 Å². The molecule has 4 nitrogen and oxygen atoms in total. The van der Waals surface area contributed by atoms with Crippen LogP contribution in [0.2, 0.25) is 0 Å². The summed E-state index contributed by atoms with van der Waals surface area (Å²) in [5, 5.41) is 2.76. The Morgan fingerprint density at radius 2 is 2.00 bits per heavy atom. The van der Waals surface area contributed by atoms with Crippen molar-refractivity contribution in [2.45, 2.75) is 44.3 Å². The van der Waals surface area contributed by atoms with Crippen LogP contribution < -0.4 is 5.32 Å². The molecule has 2 rings (SSSR count). The molecule has 132 valence electrons. The van der Waals surface area contributed by atoms with Crippen LogP contribution in [0.1, 0.15) is 44.1 Å². The third-order valence-corrected chi connectivity index (χ3v) is 5.70. The molecule has 24 heavy (non-hydrogen) atoms. The molecule has 1 aromatic rings. The summed E-state index contributed by atoms with van der Waals surface area (Å²) in [6, 6.07) is 5.80. The van der Waals surface area contributed by atoms with Crippen LogP contribution in [-0.2, 0) is 20.4 Å². The van der Waals surface area contributed by atoms with E-state index in [1.807, 2.05) is 0 Å². The van der Waals surface area contributed by atoms with Crippen molar-refractivity contribution < 1.29 is 17.6 Å². The van der Waals surface area contributed by atoms with Crippen LogP contribution in [0.5, 0.6) is 0 Å². The lowest BCUT2D eigenvalue weighted by atomic mass is 9.97. The van der Waals surface area contributed by atoms with Crippen molar-refractivity contribution >= 4 is 15.7 Å². The number of hydrogen-bond acceptors (Lipinski definition) is 3. The summed E-state index contributed by atoms with van der Waals surface area (Å²) >= 11 is 0. The molecule has 0 unspecified atom stereocenters. The standard InChI is InChI=1S/C18H24FNO3S/c19-17-9-5-4-8-16(17)14-24(22,23)13-11-18(21)20-12-10-15-6-2-1-3-7-15/h4-6,8-9H,1-3,7,10-14H2,(H,20,21). The topological polar surface area (TPSA) is 63.2 Å². The Morgan fingerprint density at radius 3 is 2.71 bits per heavy atom. The second kappa shape index (κ2) is 8.97. The van der Waals surface area contributed by atoms with Gasteiger partial charge in [-0.3, -0.25) is 4.79 Å². The van der Waals surface area contributed by atoms with E-state index < -0.39 is 15.7 Å². The van der Waals surface area contributed by atoms with E-state index in [2.05, 4.69) is 11.4 Å². The summed E-state index contributed by atoms with van der Waals surface area (Å²) in [6.07, 6.45) is 7.60. The van der Waals surface area contributed by atoms with Crippen molar-refractivity contribution in [2.24, 2.45) is 0 Å². The molecule has 0 radical (unpaired) electrons. The number of halogens is 1. The monoisotopic (exact) mass is 353 g/mol. The van der Waals surface area contributed by atoms with Crippen LogP contribution >= 0.6 is 0 Å². The summed E-state index contributed by atoms with van der Waals surface area (Å²) in [4.78, 5) is 11.8. The second-order valence-electron chi connectivity index (χ2n) is 6.14. The highest BCUT2D eigenvalue weighted by atomic mass is 32.2. The Morgan fingerprint density at radius 1 is 1.21 bits per heavy atom. The zero-order valence-electron chi connectivity index (χ0n) is 13.8. The summed E-state index contributed by atoms with van der Waals surface area (Å²) in [6.45, 7) is 0.540. The predicted octanol–water partition coefficient (Wildman–Crippen LogP) is 3.14. The molecule has 0 atom stereocenters. The molecule has 6 heteroatoms. The average molecular weight is 353 g/mol. The molecule has 0 fully saturated rings. The SMILES string of the molecule is O=C(CCS(=O)(=O)Cc1ccccc1F)NCCC1=CCCCC1. The number of nitrogens with one attached hydrogen (secondary N) is 1. The lowest BCUT2D eigenvalue weighted by molar-refractivity contribution is -0.120. The van der Waals surface area contributed by atoms with Gasteiger partial charge in [-0.1, -0.05) is 29.8 Å². The van der Waals surface area contributed by atoms with E-state index in [-0.39, 0.29) is 29.4 Å². The molecule has 1 N–H and O–H groups in total. The van der Waals surface area contributed by atoms with E-state index in [4.69, 9.17) is 0 Å². The van der Waals surface area contributed by atoms with Gasteiger partial charge in [0.05, 0.1) is 11.5 Å². The Balaban J connectivity index is 1.72. The van der Waals surface area contributed by atoms with Crippen molar-refractivity contribution in [3.63, 3.8) is 0 Å². The zero-order valence-corrected chi connectivity index (χ0v) is 14.6. The molecule has 0 spiro atoms. The molecule has 0 aliphatic heterocycles. The number of carbonyl (C=O) groups excluding carboxylic acids is 1. The Labute approximate surface area is 143 Å². The van der Waals surface area contributed by atoms with Gasteiger partial charge < -0.3 is 5.32 Å². The van der Waals surface area contributed by atoms with Gasteiger partial charge in [0.15, 0.2) is 9.84 Å². The first kappa shape index (κ1) is 18.6. The first-order chi connectivity index (χ1) is 11.5. The lowest BCUT2D eigenvalue weighted by Gasteiger charge is -2.13. The number of amides is 1. The van der Waals surface area contributed by atoms with Crippen LogP contribution in [0.15, 0.2) is 35.9 Å². The predicted molar refractivity (Wildman–Crippen MR) is 92.7 cm³/mol. The van der Waals surface area contributed by atoms with Crippen molar-refractivity contribution in [1.29, 1.82) is 0 Å². The highest BCUT2D eigenvalue weighted by Gasteiger charge is 2.16. The maximum absolute atomic E-state index is 13.5. The van der Waals surface area contributed by atoms with Gasteiger partial charge in [0.2, 0.25) is 5.91 Å². The smallest absolute Gasteiger partial charge is 0.221 e. The summed E-state index contributed by atoms with van der Waals surface area (Å²) in [7, 11) is -3.51. The van der Waals surface area contributed by atoms with E-state index >= 15 is 0 Å². The summed E-state index contributed by atoms with van der Waals surface area (Å²) in [5.41, 5.74) is 1.51. The fraction of sp³-hybridized carbons (Fsp3) is 0.500. The number of sulfone groups is 1. The van der Waals surface area contributed by atoms with E-state index in [1.54, 1.807) is 6.07 Å². The minimum absolute atomic E-state index is 0.0875. The fourth-order valence-corrected chi connectivity index (χ4v) is 4.10. The lowest BCUT2D eigenvalue weighted by Crippen LogP contribution is -2.27. The van der Waals surface area contributed by atoms with Gasteiger partial charge in [-0.05, 0) is 38.2 Å². The van der Waals surface area contributed by atoms with Crippen molar-refractivity contribution in [3.8, 4) is 0 Å². The van der Waals surface area contributed by atoms with Gasteiger partial charge in [-0.2, -0.15) is 0 Å². The highest BCUT2D eigenvalue weighted by Crippen LogP contribution is 2.19. The maximum atomic E-state index is 13.5. The molecule has 0 saturated carbocycles. The Bertz CT molecular complexity index is 698. The molecule has 1 aliphatic rings. The van der Waals surface area contributed by atoms with Crippen LogP contribution in [0.4, 0.5) is 4.39 Å². The Hall–Kier alpha value is -1.69. The zero-order chi connectivity index (χ0) is 17.4. The minimum atomic E-state index is -3.51. The molecule has 0 aromatic heterocycles. The largest absolute Gasteiger partial charge is 0.356 e. The van der Waals surface area contributed by atoms with Crippen LogP contribution in [0.25, 0.3) is 0 Å². The van der Waals surface area contributed by atoms with E-state index in [0.29, 0.717) is 6.54 Å². The molecular weight excluding hydrogens is 329 g/mol. The first-order valence-corrected chi connectivity index (χ1v) is 10.2. The van der Waals surface area contributed by atoms with Crippen molar-refractivity contribution in [3.05, 3.63) is 47.3 Å². The van der Waals surface area contributed by atoms with Crippen LogP contribution in [-0.4, -0.2) is 26.6 Å². The van der Waals surface area contributed by atoms with Gasteiger partial charge in [-0.25, -0.2) is 12.8 Å². The molecule has 1 amide bonds. The average Bonchev–Trinajstić information content (AvgIpc) is 2.56. The number of carbonyl (C=O) groups is 1. The summed E-state index contributed by atoms with van der Waals surface area (Å²) in [5.74, 6) is -1.45. The van der Waals surface area contributed by atoms with Gasteiger partial charge in [-0.15, -0.1) is 0 Å². The van der Waals surface area contributed by atoms with E-state index in [0.717, 1.165) is 19.3 Å². The van der Waals surface area contributed by atoms with Crippen LogP contribution in [0.3, 0.4) is 0 Å². The van der Waals surface area contributed by atoms with Gasteiger partial charge in [0, 0.05) is 18.5 Å². The number of benzene rings is 1. The van der Waals surface area contributed by atoms with Gasteiger partial charge in [0.1, 0.15) is 5.82 Å². The number of rotatable bonds is 8. The summed E-state index contributed by atoms with van der Waals surface area (Å²) < 4.78 is 37.6. The third kappa shape index (κ3) is 6.43. The van der Waals surface area contributed by atoms with Crippen molar-refractivity contribution in [1.82, 2.24) is 5.32 Å². The van der Waals surface area contributed by atoms with E-state index in [1.165, 1.54) is 36.6 Å².